The fraction of sp³-hybridized carbons (Fsp3) is 0.833. The number of benzene rings is 1. The Morgan fingerprint density at radius 2 is 1.18 bits per heavy atom. The van der Waals surface area contributed by atoms with E-state index in [2.05, 4.69) is 0 Å². The molecule has 5 fully saturated rings. The summed E-state index contributed by atoms with van der Waals surface area (Å²) in [6.07, 6.45) is -33.5. The number of fused-ring (bicyclic) bond motifs is 32. The van der Waals surface area contributed by atoms with Gasteiger partial charge in [-0.3, -0.25) is 19.2 Å². The van der Waals surface area contributed by atoms with Gasteiger partial charge in [-0.15, -0.1) is 0 Å². The van der Waals surface area contributed by atoms with Gasteiger partial charge < -0.3 is 130 Å². The number of Topliss-reactive ketones (excluding diaryl/α,β-unsaturated/α-hetero) is 1. The summed E-state index contributed by atoms with van der Waals surface area (Å²) in [7, 11) is 0. The van der Waals surface area contributed by atoms with Gasteiger partial charge in [0.1, 0.15) is 30.5 Å². The zero-order valence-electron chi connectivity index (χ0n) is 64.8. The van der Waals surface area contributed by atoms with Crippen molar-refractivity contribution in [2.24, 2.45) is 41.4 Å². The third kappa shape index (κ3) is 25.4. The topological polar surface area (TPSA) is 534 Å². The van der Waals surface area contributed by atoms with Crippen LogP contribution in [-0.2, 0) is 47.5 Å². The molecule has 6 aliphatic rings. The van der Waals surface area contributed by atoms with E-state index in [1.807, 2.05) is 0 Å². The SMILES string of the molecule is CC1=CC(=O)c2cc(C(O)C(C)C(=O)OC3CCC(OC4C(C)OC(OCCC(O)C(C)C(O)C(C)C(O)C(C)C(O)C(C)C5OC(=O)CC(O)C(C)C(O)CC(O)CCCC(O)CCC(C)C(O)C6(O)C(=O)OC(CC(O)CC(O)CC(O)CC(O)CCCC(O)C5O)CC6O)CC4(C)O)OC3C)ccc2C1=O. The highest BCUT2D eigenvalue weighted by atomic mass is 16.7. The Kier molecular flexibility index (Phi) is 36.0. The molecule has 7 rings (SSSR count). The molecule has 109 heavy (non-hydrogen) atoms. The predicted molar refractivity (Wildman–Crippen MR) is 387 cm³/mol. The van der Waals surface area contributed by atoms with Crippen molar-refractivity contribution >= 4 is 29.5 Å². The van der Waals surface area contributed by atoms with Gasteiger partial charge in [0.15, 0.2) is 24.1 Å². The summed E-state index contributed by atoms with van der Waals surface area (Å²) < 4.78 is 41.5. The van der Waals surface area contributed by atoms with Crippen LogP contribution in [0, 0.1) is 41.4 Å². The maximum atomic E-state index is 13.8. The van der Waals surface area contributed by atoms with E-state index >= 15 is 0 Å². The first-order valence-electron chi connectivity index (χ1n) is 39.0. The minimum absolute atomic E-state index is 0.00903. The third-order valence-corrected chi connectivity index (χ3v) is 23.6. The van der Waals surface area contributed by atoms with Crippen LogP contribution in [0.5, 0.6) is 0 Å². The molecule has 0 aromatic heterocycles. The van der Waals surface area contributed by atoms with Crippen molar-refractivity contribution < 1.29 is 154 Å². The van der Waals surface area contributed by atoms with E-state index in [0.29, 0.717) is 12.0 Å². The summed E-state index contributed by atoms with van der Waals surface area (Å²) in [6.45, 7) is 16.6. The van der Waals surface area contributed by atoms with Crippen LogP contribution in [0.1, 0.15) is 231 Å². The lowest BCUT2D eigenvalue weighted by molar-refractivity contribution is -0.323. The summed E-state index contributed by atoms with van der Waals surface area (Å²) in [5.74, 6) is -11.3. The second-order valence-electron chi connectivity index (χ2n) is 32.7. The number of ketones is 2. The lowest BCUT2D eigenvalue weighted by atomic mass is 9.76. The van der Waals surface area contributed by atoms with Crippen molar-refractivity contribution in [2.45, 2.75) is 362 Å². The van der Waals surface area contributed by atoms with Crippen molar-refractivity contribution in [1.29, 1.82) is 0 Å². The molecule has 2 bridgehead atoms. The van der Waals surface area contributed by atoms with Crippen molar-refractivity contribution in [3.05, 3.63) is 46.5 Å². The Labute approximate surface area is 638 Å². The van der Waals surface area contributed by atoms with Gasteiger partial charge in [-0.05, 0) is 154 Å². The number of hydrogen-bond acceptors (Lipinski definition) is 31. The number of carbonyl (C=O) groups is 5. The molecule has 0 saturated carbocycles. The highest BCUT2D eigenvalue weighted by Gasteiger charge is 2.57. The van der Waals surface area contributed by atoms with Crippen molar-refractivity contribution in [1.82, 2.24) is 0 Å². The smallest absolute Gasteiger partial charge is 0.343 e. The van der Waals surface area contributed by atoms with E-state index < -0.39 is 230 Å². The molecule has 626 valence electrons. The Hall–Kier alpha value is -4.21. The minimum atomic E-state index is -2.74. The molecule has 1 aliphatic carbocycles. The minimum Gasteiger partial charge on any atom is -0.460 e. The van der Waals surface area contributed by atoms with Gasteiger partial charge in [0.2, 0.25) is 5.60 Å². The van der Waals surface area contributed by atoms with E-state index in [1.165, 1.54) is 72.7 Å². The maximum Gasteiger partial charge on any atom is 0.343 e. The Balaban J connectivity index is 1.01. The molecule has 31 nitrogen and oxygen atoms in total. The molecular weight excluding hydrogens is 1430 g/mol. The molecule has 34 unspecified atom stereocenters. The highest BCUT2D eigenvalue weighted by molar-refractivity contribution is 6.24. The average Bonchev–Trinajstić information content (AvgIpc) is 0.788. The predicted octanol–water partition coefficient (Wildman–Crippen LogP) is 0.820. The molecule has 5 heterocycles. The Bertz CT molecular complexity index is 3060. The highest BCUT2D eigenvalue weighted by Crippen LogP contribution is 2.40. The number of rotatable bonds is 18. The molecule has 34 atom stereocenters. The summed E-state index contributed by atoms with van der Waals surface area (Å²) in [5.41, 5.74) is -3.36. The second kappa shape index (κ2) is 41.9. The van der Waals surface area contributed by atoms with Crippen LogP contribution < -0.4 is 0 Å². The van der Waals surface area contributed by atoms with Crippen molar-refractivity contribution in [2.75, 3.05) is 6.61 Å². The zero-order chi connectivity index (χ0) is 81.6. The van der Waals surface area contributed by atoms with Crippen LogP contribution in [0.25, 0.3) is 0 Å². The van der Waals surface area contributed by atoms with Crippen LogP contribution in [0.2, 0.25) is 0 Å². The molecule has 1 aromatic rings. The van der Waals surface area contributed by atoms with Gasteiger partial charge >= 0.3 is 17.9 Å². The van der Waals surface area contributed by atoms with E-state index in [4.69, 9.17) is 33.2 Å². The molecule has 0 radical (unpaired) electrons. The van der Waals surface area contributed by atoms with Gasteiger partial charge in [-0.1, -0.05) is 47.6 Å². The quantitative estimate of drug-likeness (QED) is 0.0714. The molecule has 31 heteroatoms. The van der Waals surface area contributed by atoms with Crippen LogP contribution in [0.15, 0.2) is 29.8 Å². The number of aliphatic hydroxyl groups is 19. The molecule has 0 amide bonds. The van der Waals surface area contributed by atoms with E-state index in [9.17, 15) is 121 Å². The molecular formula is C78H128O31. The number of ether oxygens (including phenoxy) is 7. The molecule has 5 aliphatic heterocycles. The van der Waals surface area contributed by atoms with Gasteiger partial charge in [-0.25, -0.2) is 4.79 Å². The van der Waals surface area contributed by atoms with Crippen molar-refractivity contribution in [3.63, 3.8) is 0 Å². The third-order valence-electron chi connectivity index (χ3n) is 23.6. The summed E-state index contributed by atoms with van der Waals surface area (Å²) in [4.78, 5) is 65.6. The summed E-state index contributed by atoms with van der Waals surface area (Å²) in [6, 6.07) is 4.36. The molecule has 1 aromatic carbocycles. The molecule has 5 saturated heterocycles. The van der Waals surface area contributed by atoms with E-state index in [0.717, 1.165) is 0 Å². The normalized spacial score (nSPS) is 39.1. The first-order chi connectivity index (χ1) is 50.9. The first-order valence-corrected chi connectivity index (χ1v) is 39.0. The molecule has 0 spiro atoms. The summed E-state index contributed by atoms with van der Waals surface area (Å²) >= 11 is 0. The number of esters is 3. The van der Waals surface area contributed by atoms with Crippen LogP contribution in [-0.4, -0.2) is 291 Å². The van der Waals surface area contributed by atoms with Crippen molar-refractivity contribution in [3.8, 4) is 0 Å². The lowest BCUT2D eigenvalue weighted by Crippen LogP contribution is -2.65. The fourth-order valence-corrected chi connectivity index (χ4v) is 15.9. The fourth-order valence-electron chi connectivity index (χ4n) is 15.9. The van der Waals surface area contributed by atoms with Crippen LogP contribution in [0.3, 0.4) is 0 Å². The standard InChI is InChI=1S/C78H128O31/c1-36-18-20-47(79)14-12-15-49(81)32-58(87)38(3)59(88)34-63(91)108-72(71(97)57(86)17-13-16-48(80)28-50(82)29-51(83)30-52(84)31-53-33-62(90)78(102,73(36)98)76(100)106-53)42(7)69(95)41(6)68(94)40(5)67(93)39(4)56(85)24-25-103-65-35-77(11,101)74(45(10)105-65)109-64-23-22-61(44(9)104-64)107-75(99)43(8)70(96)46-19-21-54-55(27-46)60(89)26-37(2)66(54)92/h19,21,26-27,36,38-45,47-53,56-59,61-62,64-65,67-74,79-88,90,93-98,101-102H,12-18,20,22-25,28-35H2,1-11H3. The second-order valence-corrected chi connectivity index (χ2v) is 32.7. The van der Waals surface area contributed by atoms with Crippen LogP contribution >= 0.6 is 0 Å². The van der Waals surface area contributed by atoms with E-state index in [-0.39, 0.29) is 144 Å². The number of aliphatic hydroxyl groups excluding tert-OH is 17. The largest absolute Gasteiger partial charge is 0.460 e. The van der Waals surface area contributed by atoms with Gasteiger partial charge in [-0.2, -0.15) is 0 Å². The monoisotopic (exact) mass is 1560 g/mol. The van der Waals surface area contributed by atoms with Gasteiger partial charge in [0.05, 0.1) is 134 Å². The average molecular weight is 1560 g/mol. The number of carbonyl (C=O) groups excluding carboxylic acids is 5. The lowest BCUT2D eigenvalue weighted by Gasteiger charge is -2.46. The maximum absolute atomic E-state index is 13.8. The summed E-state index contributed by atoms with van der Waals surface area (Å²) in [5, 5.41) is 214. The number of allylic oxidation sites excluding steroid dienone is 2. The first kappa shape index (κ1) is 93.6. The van der Waals surface area contributed by atoms with Gasteiger partial charge in [0.25, 0.3) is 0 Å². The van der Waals surface area contributed by atoms with Crippen LogP contribution in [0.4, 0.5) is 0 Å². The zero-order valence-corrected chi connectivity index (χ0v) is 64.8. The van der Waals surface area contributed by atoms with E-state index in [1.54, 1.807) is 27.7 Å². The molecule has 19 N–H and O–H groups in total. The number of hydrogen-bond donors (Lipinski definition) is 19. The van der Waals surface area contributed by atoms with Gasteiger partial charge in [0, 0.05) is 72.0 Å². The Morgan fingerprint density at radius 1 is 0.606 bits per heavy atom. The Morgan fingerprint density at radius 3 is 1.81 bits per heavy atom.